The Morgan fingerprint density at radius 3 is 2.63 bits per heavy atom. The maximum absolute atomic E-state index is 6.45. The predicted octanol–water partition coefficient (Wildman–Crippen LogP) is 1.92. The average Bonchev–Trinajstić information content (AvgIpc) is 2.93. The first kappa shape index (κ1) is 13.8. The highest BCUT2D eigenvalue weighted by atomic mass is 15.2. The molecule has 0 aromatic heterocycles. The van der Waals surface area contributed by atoms with Crippen molar-refractivity contribution in [2.24, 2.45) is 17.6 Å². The molecule has 2 N–H and O–H groups in total. The molecule has 0 amide bonds. The van der Waals surface area contributed by atoms with Gasteiger partial charge in [0.25, 0.3) is 0 Å². The molecule has 19 heavy (non-hydrogen) atoms. The van der Waals surface area contributed by atoms with E-state index < -0.39 is 0 Å². The number of likely N-dealkylation sites (tertiary alicyclic amines) is 2. The molecule has 1 saturated carbocycles. The van der Waals surface area contributed by atoms with E-state index in [0.29, 0.717) is 6.04 Å². The second kappa shape index (κ2) is 6.11. The van der Waals surface area contributed by atoms with Crippen LogP contribution < -0.4 is 5.73 Å². The van der Waals surface area contributed by atoms with Crippen molar-refractivity contribution in [1.29, 1.82) is 0 Å². The number of piperidine rings is 2. The first-order valence-corrected chi connectivity index (χ1v) is 8.42. The SMILES string of the molecule is CN1CCCC2CN(CC(N)C3CCCC3)CCC21. The summed E-state index contributed by atoms with van der Waals surface area (Å²) in [6.07, 6.45) is 9.76. The first-order valence-electron chi connectivity index (χ1n) is 8.42. The van der Waals surface area contributed by atoms with Crippen molar-refractivity contribution in [2.75, 3.05) is 33.2 Å². The van der Waals surface area contributed by atoms with Gasteiger partial charge in [-0.05, 0) is 64.1 Å². The second-order valence-corrected chi connectivity index (χ2v) is 7.21. The molecule has 1 aliphatic carbocycles. The number of hydrogen-bond donors (Lipinski definition) is 1. The minimum atomic E-state index is 0.431. The minimum Gasteiger partial charge on any atom is -0.326 e. The molecule has 3 fully saturated rings. The first-order chi connectivity index (χ1) is 9.24. The Labute approximate surface area is 118 Å². The van der Waals surface area contributed by atoms with Crippen LogP contribution in [0.4, 0.5) is 0 Å². The van der Waals surface area contributed by atoms with Crippen LogP contribution in [0.1, 0.15) is 44.9 Å². The molecule has 0 aromatic rings. The van der Waals surface area contributed by atoms with E-state index in [9.17, 15) is 0 Å². The topological polar surface area (TPSA) is 32.5 Å². The predicted molar refractivity (Wildman–Crippen MR) is 80.1 cm³/mol. The van der Waals surface area contributed by atoms with Crippen LogP contribution in [0.3, 0.4) is 0 Å². The highest BCUT2D eigenvalue weighted by Crippen LogP contribution is 2.31. The third kappa shape index (κ3) is 3.14. The molecule has 2 heterocycles. The summed E-state index contributed by atoms with van der Waals surface area (Å²) in [5.41, 5.74) is 6.45. The molecule has 3 heteroatoms. The highest BCUT2D eigenvalue weighted by Gasteiger charge is 2.35. The van der Waals surface area contributed by atoms with Crippen molar-refractivity contribution in [2.45, 2.75) is 57.0 Å². The average molecular weight is 265 g/mol. The largest absolute Gasteiger partial charge is 0.326 e. The van der Waals surface area contributed by atoms with E-state index in [2.05, 4.69) is 16.8 Å². The summed E-state index contributed by atoms with van der Waals surface area (Å²) >= 11 is 0. The summed E-state index contributed by atoms with van der Waals surface area (Å²) in [6, 6.07) is 1.29. The van der Waals surface area contributed by atoms with Crippen LogP contribution >= 0.6 is 0 Å². The van der Waals surface area contributed by atoms with Gasteiger partial charge in [0.15, 0.2) is 0 Å². The van der Waals surface area contributed by atoms with E-state index >= 15 is 0 Å². The fourth-order valence-corrected chi connectivity index (χ4v) is 4.73. The maximum Gasteiger partial charge on any atom is 0.0196 e. The Kier molecular flexibility index (Phi) is 4.45. The third-order valence-corrected chi connectivity index (χ3v) is 5.90. The van der Waals surface area contributed by atoms with E-state index in [1.54, 1.807) is 0 Å². The Morgan fingerprint density at radius 1 is 1.05 bits per heavy atom. The van der Waals surface area contributed by atoms with Crippen LogP contribution in [0.15, 0.2) is 0 Å². The van der Waals surface area contributed by atoms with Gasteiger partial charge < -0.3 is 15.5 Å². The molecule has 3 unspecified atom stereocenters. The van der Waals surface area contributed by atoms with Crippen LogP contribution in [0.2, 0.25) is 0 Å². The summed E-state index contributed by atoms with van der Waals surface area (Å²) in [5.74, 6) is 1.72. The van der Waals surface area contributed by atoms with Gasteiger partial charge in [0.05, 0.1) is 0 Å². The molecule has 3 atom stereocenters. The van der Waals surface area contributed by atoms with E-state index in [1.807, 2.05) is 0 Å². The molecule has 110 valence electrons. The maximum atomic E-state index is 6.45. The number of hydrogen-bond acceptors (Lipinski definition) is 3. The molecule has 0 spiro atoms. The highest BCUT2D eigenvalue weighted by molar-refractivity contribution is 4.91. The monoisotopic (exact) mass is 265 g/mol. The quantitative estimate of drug-likeness (QED) is 0.846. The van der Waals surface area contributed by atoms with Crippen molar-refractivity contribution in [1.82, 2.24) is 9.80 Å². The molecule has 2 saturated heterocycles. The van der Waals surface area contributed by atoms with Gasteiger partial charge in [-0.2, -0.15) is 0 Å². The molecule has 0 aromatic carbocycles. The molecule has 3 nitrogen and oxygen atoms in total. The Bertz CT molecular complexity index is 286. The molecular formula is C16H31N3. The van der Waals surface area contributed by atoms with Crippen LogP contribution in [0.25, 0.3) is 0 Å². The van der Waals surface area contributed by atoms with E-state index in [4.69, 9.17) is 5.73 Å². The van der Waals surface area contributed by atoms with Crippen molar-refractivity contribution >= 4 is 0 Å². The van der Waals surface area contributed by atoms with Crippen LogP contribution in [-0.2, 0) is 0 Å². The molecule has 2 aliphatic heterocycles. The molecule has 3 aliphatic rings. The van der Waals surface area contributed by atoms with Crippen LogP contribution in [0.5, 0.6) is 0 Å². The van der Waals surface area contributed by atoms with Crippen molar-refractivity contribution in [3.63, 3.8) is 0 Å². The van der Waals surface area contributed by atoms with E-state index in [-0.39, 0.29) is 0 Å². The van der Waals surface area contributed by atoms with Gasteiger partial charge in [-0.25, -0.2) is 0 Å². The summed E-state index contributed by atoms with van der Waals surface area (Å²) in [4.78, 5) is 5.27. The third-order valence-electron chi connectivity index (χ3n) is 5.90. The lowest BCUT2D eigenvalue weighted by Gasteiger charge is -2.46. The fourth-order valence-electron chi connectivity index (χ4n) is 4.73. The Morgan fingerprint density at radius 2 is 1.84 bits per heavy atom. The summed E-state index contributed by atoms with van der Waals surface area (Å²) in [7, 11) is 2.32. The smallest absolute Gasteiger partial charge is 0.0196 e. The van der Waals surface area contributed by atoms with Crippen molar-refractivity contribution in [3.8, 4) is 0 Å². The number of nitrogens with zero attached hydrogens (tertiary/aromatic N) is 2. The number of rotatable bonds is 3. The van der Waals surface area contributed by atoms with Gasteiger partial charge in [0.1, 0.15) is 0 Å². The van der Waals surface area contributed by atoms with Gasteiger partial charge in [0.2, 0.25) is 0 Å². The van der Waals surface area contributed by atoms with Crippen molar-refractivity contribution in [3.05, 3.63) is 0 Å². The van der Waals surface area contributed by atoms with Gasteiger partial charge in [-0.15, -0.1) is 0 Å². The lowest BCUT2D eigenvalue weighted by Crippen LogP contribution is -2.54. The summed E-state index contributed by atoms with van der Waals surface area (Å²) in [5, 5.41) is 0. The normalized spacial score (nSPS) is 36.3. The molecular weight excluding hydrogens is 234 g/mol. The molecule has 0 radical (unpaired) electrons. The summed E-state index contributed by atoms with van der Waals surface area (Å²) < 4.78 is 0. The van der Waals surface area contributed by atoms with Crippen LogP contribution in [-0.4, -0.2) is 55.1 Å². The number of nitrogens with two attached hydrogens (primary N) is 1. The van der Waals surface area contributed by atoms with Gasteiger partial charge >= 0.3 is 0 Å². The lowest BCUT2D eigenvalue weighted by atomic mass is 9.84. The zero-order valence-corrected chi connectivity index (χ0v) is 12.6. The zero-order valence-electron chi connectivity index (χ0n) is 12.6. The van der Waals surface area contributed by atoms with Crippen LogP contribution in [0, 0.1) is 11.8 Å². The lowest BCUT2D eigenvalue weighted by molar-refractivity contribution is 0.0341. The van der Waals surface area contributed by atoms with E-state index in [1.165, 1.54) is 64.6 Å². The fraction of sp³-hybridized carbons (Fsp3) is 1.00. The van der Waals surface area contributed by atoms with Crippen molar-refractivity contribution < 1.29 is 0 Å². The van der Waals surface area contributed by atoms with E-state index in [0.717, 1.165) is 24.4 Å². The molecule has 3 rings (SSSR count). The Hall–Kier alpha value is -0.120. The number of fused-ring (bicyclic) bond motifs is 1. The standard InChI is InChI=1S/C16H31N3/c1-18-9-4-7-14-11-19(10-8-16(14)18)12-15(17)13-5-2-3-6-13/h13-16H,2-12,17H2,1H3. The minimum absolute atomic E-state index is 0.431. The zero-order chi connectivity index (χ0) is 13.2. The summed E-state index contributed by atoms with van der Waals surface area (Å²) in [6.45, 7) is 5.03. The molecule has 0 bridgehead atoms. The van der Waals surface area contributed by atoms with Gasteiger partial charge in [-0.1, -0.05) is 12.8 Å². The Balaban J connectivity index is 1.50. The second-order valence-electron chi connectivity index (χ2n) is 7.21. The van der Waals surface area contributed by atoms with Gasteiger partial charge in [0, 0.05) is 25.2 Å². The van der Waals surface area contributed by atoms with Gasteiger partial charge in [-0.3, -0.25) is 0 Å².